The van der Waals surface area contributed by atoms with Crippen LogP contribution in [0.4, 0.5) is 11.4 Å². The summed E-state index contributed by atoms with van der Waals surface area (Å²) in [6.07, 6.45) is 1.05. The number of aromatic nitrogens is 1. The molecule has 2 aromatic rings. The lowest BCUT2D eigenvalue weighted by atomic mass is 10.1. The van der Waals surface area contributed by atoms with Crippen molar-refractivity contribution in [2.45, 2.75) is 26.3 Å². The van der Waals surface area contributed by atoms with Gasteiger partial charge in [0, 0.05) is 41.5 Å². The SMILES string of the molecule is Cc1cc(N2CC(CN)CC2C)c2cc([N+](=O)[O-])ccc2n1. The van der Waals surface area contributed by atoms with Crippen LogP contribution in [-0.4, -0.2) is 29.0 Å². The number of anilines is 1. The molecule has 2 heterocycles. The summed E-state index contributed by atoms with van der Waals surface area (Å²) in [6, 6.07) is 7.25. The fraction of sp³-hybridized carbons (Fsp3) is 0.438. The molecular formula is C16H20N4O2. The van der Waals surface area contributed by atoms with E-state index in [0.29, 0.717) is 18.5 Å². The topological polar surface area (TPSA) is 85.3 Å². The van der Waals surface area contributed by atoms with Crippen molar-refractivity contribution in [3.8, 4) is 0 Å². The van der Waals surface area contributed by atoms with Gasteiger partial charge in [0.2, 0.25) is 0 Å². The van der Waals surface area contributed by atoms with E-state index in [9.17, 15) is 10.1 Å². The van der Waals surface area contributed by atoms with Gasteiger partial charge >= 0.3 is 0 Å². The number of fused-ring (bicyclic) bond motifs is 1. The molecule has 1 aliphatic rings. The van der Waals surface area contributed by atoms with Gasteiger partial charge in [-0.1, -0.05) is 0 Å². The number of aryl methyl sites for hydroxylation is 1. The van der Waals surface area contributed by atoms with E-state index in [1.807, 2.05) is 13.0 Å². The molecule has 1 aromatic heterocycles. The number of nitrogens with zero attached hydrogens (tertiary/aromatic N) is 3. The van der Waals surface area contributed by atoms with Gasteiger partial charge in [-0.2, -0.15) is 0 Å². The highest BCUT2D eigenvalue weighted by molar-refractivity contribution is 5.93. The van der Waals surface area contributed by atoms with Gasteiger partial charge < -0.3 is 10.6 Å². The molecule has 22 heavy (non-hydrogen) atoms. The fourth-order valence-corrected chi connectivity index (χ4v) is 3.32. The summed E-state index contributed by atoms with van der Waals surface area (Å²) in [7, 11) is 0. The minimum atomic E-state index is -0.362. The van der Waals surface area contributed by atoms with E-state index in [-0.39, 0.29) is 10.6 Å². The predicted octanol–water partition coefficient (Wildman–Crippen LogP) is 2.62. The first-order valence-corrected chi connectivity index (χ1v) is 7.52. The fourth-order valence-electron chi connectivity index (χ4n) is 3.32. The molecule has 0 spiro atoms. The van der Waals surface area contributed by atoms with Gasteiger partial charge in [-0.15, -0.1) is 0 Å². The van der Waals surface area contributed by atoms with Gasteiger partial charge in [-0.3, -0.25) is 15.1 Å². The van der Waals surface area contributed by atoms with Gasteiger partial charge in [-0.05, 0) is 44.9 Å². The average molecular weight is 300 g/mol. The summed E-state index contributed by atoms with van der Waals surface area (Å²) in [4.78, 5) is 17.5. The van der Waals surface area contributed by atoms with E-state index < -0.39 is 0 Å². The summed E-state index contributed by atoms with van der Waals surface area (Å²) in [6.45, 7) is 5.68. The molecule has 0 amide bonds. The Kier molecular flexibility index (Phi) is 3.70. The normalized spacial score (nSPS) is 21.5. The second kappa shape index (κ2) is 5.53. The Balaban J connectivity index is 2.15. The van der Waals surface area contributed by atoms with Crippen molar-refractivity contribution in [3.05, 3.63) is 40.1 Å². The van der Waals surface area contributed by atoms with Crippen molar-refractivity contribution in [3.63, 3.8) is 0 Å². The maximum atomic E-state index is 11.1. The van der Waals surface area contributed by atoms with Gasteiger partial charge in [0.15, 0.2) is 0 Å². The highest BCUT2D eigenvalue weighted by Gasteiger charge is 2.29. The molecule has 6 nitrogen and oxygen atoms in total. The Morgan fingerprint density at radius 3 is 2.86 bits per heavy atom. The smallest absolute Gasteiger partial charge is 0.270 e. The lowest BCUT2D eigenvalue weighted by Crippen LogP contribution is -2.27. The first kappa shape index (κ1) is 14.7. The molecule has 2 unspecified atom stereocenters. The van der Waals surface area contributed by atoms with Crippen molar-refractivity contribution in [1.82, 2.24) is 4.98 Å². The van der Waals surface area contributed by atoms with Crippen LogP contribution < -0.4 is 10.6 Å². The van der Waals surface area contributed by atoms with E-state index in [1.165, 1.54) is 6.07 Å². The lowest BCUT2D eigenvalue weighted by Gasteiger charge is -2.25. The molecule has 1 fully saturated rings. The quantitative estimate of drug-likeness (QED) is 0.695. The molecule has 2 N–H and O–H groups in total. The number of non-ortho nitro benzene ring substituents is 1. The predicted molar refractivity (Wildman–Crippen MR) is 87.1 cm³/mol. The third-order valence-corrected chi connectivity index (χ3v) is 4.41. The summed E-state index contributed by atoms with van der Waals surface area (Å²) < 4.78 is 0. The van der Waals surface area contributed by atoms with Crippen LogP contribution in [0.1, 0.15) is 19.0 Å². The van der Waals surface area contributed by atoms with Crippen molar-refractivity contribution in [1.29, 1.82) is 0 Å². The van der Waals surface area contributed by atoms with Crippen LogP contribution >= 0.6 is 0 Å². The first-order valence-electron chi connectivity index (χ1n) is 7.52. The number of benzene rings is 1. The number of pyridine rings is 1. The van der Waals surface area contributed by atoms with Crippen LogP contribution in [0.15, 0.2) is 24.3 Å². The molecule has 1 saturated heterocycles. The van der Waals surface area contributed by atoms with Crippen LogP contribution in [0.25, 0.3) is 10.9 Å². The van der Waals surface area contributed by atoms with Gasteiger partial charge in [0.1, 0.15) is 0 Å². The molecule has 0 aliphatic carbocycles. The molecule has 3 rings (SSSR count). The van der Waals surface area contributed by atoms with Crippen LogP contribution in [0.3, 0.4) is 0 Å². The van der Waals surface area contributed by atoms with Gasteiger partial charge in [0.25, 0.3) is 5.69 Å². The largest absolute Gasteiger partial charge is 0.368 e. The molecule has 0 saturated carbocycles. The Labute approximate surface area is 129 Å². The summed E-state index contributed by atoms with van der Waals surface area (Å²) in [5.41, 5.74) is 8.65. The molecule has 1 aliphatic heterocycles. The zero-order chi connectivity index (χ0) is 15.9. The Hall–Kier alpha value is -2.21. The minimum absolute atomic E-state index is 0.0987. The zero-order valence-electron chi connectivity index (χ0n) is 12.8. The summed E-state index contributed by atoms with van der Waals surface area (Å²) in [5.74, 6) is 0.470. The zero-order valence-corrected chi connectivity index (χ0v) is 12.8. The highest BCUT2D eigenvalue weighted by atomic mass is 16.6. The van der Waals surface area contributed by atoms with Crippen LogP contribution in [0, 0.1) is 23.0 Å². The third kappa shape index (κ3) is 2.50. The van der Waals surface area contributed by atoms with Crippen molar-refractivity contribution in [2.24, 2.45) is 11.7 Å². The summed E-state index contributed by atoms with van der Waals surface area (Å²) >= 11 is 0. The van der Waals surface area contributed by atoms with Crippen molar-refractivity contribution >= 4 is 22.3 Å². The Morgan fingerprint density at radius 2 is 2.23 bits per heavy atom. The van der Waals surface area contributed by atoms with Crippen LogP contribution in [0.2, 0.25) is 0 Å². The first-order chi connectivity index (χ1) is 10.5. The molecule has 116 valence electrons. The van der Waals surface area contributed by atoms with E-state index in [2.05, 4.69) is 16.8 Å². The maximum Gasteiger partial charge on any atom is 0.270 e. The number of nitro benzene ring substituents is 1. The average Bonchev–Trinajstić information content (AvgIpc) is 2.86. The Morgan fingerprint density at radius 1 is 1.45 bits per heavy atom. The molecule has 1 aromatic carbocycles. The second-order valence-corrected chi connectivity index (χ2v) is 6.08. The lowest BCUT2D eigenvalue weighted by molar-refractivity contribution is -0.384. The Bertz CT molecular complexity index is 731. The van der Waals surface area contributed by atoms with Crippen molar-refractivity contribution < 1.29 is 4.92 Å². The number of hydrogen-bond acceptors (Lipinski definition) is 5. The number of nitro groups is 1. The number of rotatable bonds is 3. The number of hydrogen-bond donors (Lipinski definition) is 1. The van der Waals surface area contributed by atoms with Crippen molar-refractivity contribution in [2.75, 3.05) is 18.0 Å². The van der Waals surface area contributed by atoms with Gasteiger partial charge in [0.05, 0.1) is 10.4 Å². The minimum Gasteiger partial charge on any atom is -0.368 e. The molecule has 6 heteroatoms. The van der Waals surface area contributed by atoms with E-state index in [0.717, 1.165) is 35.2 Å². The van der Waals surface area contributed by atoms with Crippen LogP contribution in [-0.2, 0) is 0 Å². The standard InChI is InChI=1S/C16H20N4O2/c1-10-5-16(19-9-12(8-17)6-11(19)2)14-7-13(20(21)22)3-4-15(14)18-10/h3-5,7,11-12H,6,8-9,17H2,1-2H3. The van der Waals surface area contributed by atoms with E-state index >= 15 is 0 Å². The summed E-state index contributed by atoms with van der Waals surface area (Å²) in [5, 5.41) is 11.9. The molecule has 2 atom stereocenters. The van der Waals surface area contributed by atoms with Crippen LogP contribution in [0.5, 0.6) is 0 Å². The maximum absolute atomic E-state index is 11.1. The molecular weight excluding hydrogens is 280 g/mol. The van der Waals surface area contributed by atoms with E-state index in [1.54, 1.807) is 12.1 Å². The molecule has 0 radical (unpaired) electrons. The van der Waals surface area contributed by atoms with Gasteiger partial charge in [-0.25, -0.2) is 0 Å². The number of nitrogens with two attached hydrogens (primary N) is 1. The second-order valence-electron chi connectivity index (χ2n) is 6.08. The third-order valence-electron chi connectivity index (χ3n) is 4.41. The highest BCUT2D eigenvalue weighted by Crippen LogP contribution is 2.35. The molecule has 0 bridgehead atoms. The van der Waals surface area contributed by atoms with E-state index in [4.69, 9.17) is 5.73 Å². The monoisotopic (exact) mass is 300 g/mol.